The number of amides is 1. The zero-order valence-electron chi connectivity index (χ0n) is 12.7. The van der Waals surface area contributed by atoms with Crippen molar-refractivity contribution < 1.29 is 24.2 Å². The maximum absolute atomic E-state index is 12.3. The van der Waals surface area contributed by atoms with E-state index in [2.05, 4.69) is 10.3 Å². The lowest BCUT2D eigenvalue weighted by Crippen LogP contribution is -2.48. The fourth-order valence-corrected chi connectivity index (χ4v) is 3.84. The zero-order valence-corrected chi connectivity index (χ0v) is 13.5. The van der Waals surface area contributed by atoms with Gasteiger partial charge in [0.2, 0.25) is 0 Å². The fraction of sp³-hybridized carbons (Fsp3) is 0.667. The van der Waals surface area contributed by atoms with Crippen LogP contribution >= 0.6 is 11.3 Å². The number of nitrogens with zero attached hydrogens (tertiary/aromatic N) is 1. The second-order valence-electron chi connectivity index (χ2n) is 5.83. The Balaban J connectivity index is 1.65. The van der Waals surface area contributed by atoms with Crippen LogP contribution in [0.1, 0.15) is 46.5 Å². The third-order valence-electron chi connectivity index (χ3n) is 4.17. The summed E-state index contributed by atoms with van der Waals surface area (Å²) in [7, 11) is 0. The first-order valence-corrected chi connectivity index (χ1v) is 8.65. The molecule has 0 saturated carbocycles. The highest BCUT2D eigenvalue weighted by molar-refractivity contribution is 7.13. The number of aliphatic carboxylic acids is 1. The summed E-state index contributed by atoms with van der Waals surface area (Å²) in [5.41, 5.74) is 0. The molecule has 2 saturated heterocycles. The van der Waals surface area contributed by atoms with Gasteiger partial charge in [0.25, 0.3) is 5.91 Å². The molecule has 1 aromatic heterocycles. The Kier molecular flexibility index (Phi) is 5.24. The van der Waals surface area contributed by atoms with Gasteiger partial charge < -0.3 is 19.9 Å². The molecular weight excluding hydrogens is 320 g/mol. The van der Waals surface area contributed by atoms with Crippen LogP contribution in [-0.2, 0) is 14.3 Å². The lowest BCUT2D eigenvalue weighted by molar-refractivity contribution is -0.142. The predicted molar refractivity (Wildman–Crippen MR) is 82.5 cm³/mol. The number of thiazole rings is 1. The number of nitrogens with one attached hydrogen (secondary N) is 1. The molecule has 0 bridgehead atoms. The third kappa shape index (κ3) is 3.88. The molecule has 2 aliphatic rings. The number of rotatable bonds is 5. The molecule has 7 nitrogen and oxygen atoms in total. The largest absolute Gasteiger partial charge is 0.480 e. The quantitative estimate of drug-likeness (QED) is 0.845. The summed E-state index contributed by atoms with van der Waals surface area (Å²) in [5, 5.41) is 12.8. The van der Waals surface area contributed by atoms with Gasteiger partial charge in [0.15, 0.2) is 0 Å². The van der Waals surface area contributed by atoms with Gasteiger partial charge in [-0.05, 0) is 25.7 Å². The van der Waals surface area contributed by atoms with Crippen molar-refractivity contribution in [2.24, 2.45) is 5.92 Å². The zero-order chi connectivity index (χ0) is 16.2. The van der Waals surface area contributed by atoms with Crippen molar-refractivity contribution in [2.45, 2.75) is 37.8 Å². The van der Waals surface area contributed by atoms with Crippen LogP contribution in [0.3, 0.4) is 0 Å². The lowest BCUT2D eigenvalue weighted by Gasteiger charge is -2.27. The van der Waals surface area contributed by atoms with Gasteiger partial charge in [0.1, 0.15) is 22.0 Å². The molecule has 0 aromatic carbocycles. The smallest absolute Gasteiger partial charge is 0.326 e. The number of aromatic nitrogens is 1. The summed E-state index contributed by atoms with van der Waals surface area (Å²) in [6.45, 7) is 1.73. The average molecular weight is 340 g/mol. The van der Waals surface area contributed by atoms with E-state index >= 15 is 0 Å². The highest BCUT2D eigenvalue weighted by atomic mass is 32.1. The number of carbonyl (C=O) groups excluding carboxylic acids is 1. The van der Waals surface area contributed by atoms with E-state index in [1.165, 1.54) is 17.5 Å². The Morgan fingerprint density at radius 3 is 2.83 bits per heavy atom. The Morgan fingerprint density at radius 1 is 1.35 bits per heavy atom. The summed E-state index contributed by atoms with van der Waals surface area (Å²) in [6, 6.07) is -0.934. The summed E-state index contributed by atoms with van der Waals surface area (Å²) in [4.78, 5) is 28.5. The molecule has 3 rings (SSSR count). The second kappa shape index (κ2) is 7.37. The number of ether oxygens (including phenoxy) is 2. The molecule has 0 aliphatic carbocycles. The molecular formula is C15H20N2O5S. The van der Waals surface area contributed by atoms with Crippen molar-refractivity contribution in [1.82, 2.24) is 10.3 Å². The van der Waals surface area contributed by atoms with Crippen LogP contribution in [-0.4, -0.2) is 47.8 Å². The monoisotopic (exact) mass is 340 g/mol. The van der Waals surface area contributed by atoms with Gasteiger partial charge in [-0.25, -0.2) is 9.78 Å². The molecule has 2 fully saturated rings. The van der Waals surface area contributed by atoms with Crippen molar-refractivity contribution in [3.05, 3.63) is 16.1 Å². The van der Waals surface area contributed by atoms with Gasteiger partial charge >= 0.3 is 5.97 Å². The lowest BCUT2D eigenvalue weighted by atomic mass is 9.93. The molecule has 0 radical (unpaired) electrons. The van der Waals surface area contributed by atoms with Gasteiger partial charge in [-0.1, -0.05) is 0 Å². The van der Waals surface area contributed by atoms with E-state index in [1.807, 2.05) is 0 Å². The van der Waals surface area contributed by atoms with Crippen molar-refractivity contribution in [3.63, 3.8) is 0 Å². The summed E-state index contributed by atoms with van der Waals surface area (Å²) in [5.74, 6) is -1.63. The van der Waals surface area contributed by atoms with E-state index in [1.54, 1.807) is 0 Å². The SMILES string of the molecule is O=C(NC(C(=O)O)C1CCCOC1)c1cnc(C2CCCO2)s1. The molecule has 126 valence electrons. The number of hydrogen-bond donors (Lipinski definition) is 2. The molecule has 0 spiro atoms. The van der Waals surface area contributed by atoms with Crippen LogP contribution in [0.4, 0.5) is 0 Å². The normalized spacial score (nSPS) is 25.9. The first-order chi connectivity index (χ1) is 11.1. The van der Waals surface area contributed by atoms with Gasteiger partial charge in [-0.3, -0.25) is 4.79 Å². The van der Waals surface area contributed by atoms with Crippen LogP contribution in [0, 0.1) is 5.92 Å². The molecule has 3 heterocycles. The predicted octanol–water partition coefficient (Wildman–Crippen LogP) is 1.60. The highest BCUT2D eigenvalue weighted by Gasteiger charge is 2.32. The van der Waals surface area contributed by atoms with E-state index in [4.69, 9.17) is 9.47 Å². The average Bonchev–Trinajstić information content (AvgIpc) is 3.23. The minimum absolute atomic E-state index is 0.0384. The molecule has 2 aliphatic heterocycles. The Labute approximate surface area is 138 Å². The molecule has 8 heteroatoms. The van der Waals surface area contributed by atoms with E-state index < -0.39 is 17.9 Å². The molecule has 2 N–H and O–H groups in total. The van der Waals surface area contributed by atoms with Crippen LogP contribution in [0.15, 0.2) is 6.20 Å². The molecule has 23 heavy (non-hydrogen) atoms. The van der Waals surface area contributed by atoms with Crippen LogP contribution in [0.5, 0.6) is 0 Å². The molecule has 3 unspecified atom stereocenters. The van der Waals surface area contributed by atoms with Crippen LogP contribution in [0.2, 0.25) is 0 Å². The van der Waals surface area contributed by atoms with Crippen molar-refractivity contribution >= 4 is 23.2 Å². The first-order valence-electron chi connectivity index (χ1n) is 7.84. The summed E-state index contributed by atoms with van der Waals surface area (Å²) in [6.07, 6.45) is 4.91. The summed E-state index contributed by atoms with van der Waals surface area (Å²) >= 11 is 1.27. The van der Waals surface area contributed by atoms with E-state index in [9.17, 15) is 14.7 Å². The number of carboxylic acids is 1. The van der Waals surface area contributed by atoms with Gasteiger partial charge in [-0.2, -0.15) is 0 Å². The topological polar surface area (TPSA) is 97.8 Å². The van der Waals surface area contributed by atoms with Gasteiger partial charge in [0.05, 0.1) is 12.8 Å². The number of hydrogen-bond acceptors (Lipinski definition) is 6. The molecule has 1 amide bonds. The molecule has 3 atom stereocenters. The summed E-state index contributed by atoms with van der Waals surface area (Å²) < 4.78 is 10.9. The van der Waals surface area contributed by atoms with Gasteiger partial charge in [-0.15, -0.1) is 11.3 Å². The minimum atomic E-state index is -1.03. The van der Waals surface area contributed by atoms with E-state index in [0.717, 1.165) is 30.7 Å². The Hall–Kier alpha value is -1.51. The first kappa shape index (κ1) is 16.4. The fourth-order valence-electron chi connectivity index (χ4n) is 2.94. The van der Waals surface area contributed by atoms with Crippen molar-refractivity contribution in [2.75, 3.05) is 19.8 Å². The Bertz CT molecular complexity index is 564. The minimum Gasteiger partial charge on any atom is -0.480 e. The molecule has 1 aromatic rings. The maximum Gasteiger partial charge on any atom is 0.326 e. The third-order valence-corrected chi connectivity index (χ3v) is 5.26. The van der Waals surface area contributed by atoms with Crippen LogP contribution < -0.4 is 5.32 Å². The number of carboxylic acid groups (broad SMARTS) is 1. The highest BCUT2D eigenvalue weighted by Crippen LogP contribution is 2.31. The van der Waals surface area contributed by atoms with E-state index in [-0.39, 0.29) is 12.0 Å². The Morgan fingerprint density at radius 2 is 2.17 bits per heavy atom. The van der Waals surface area contributed by atoms with Crippen molar-refractivity contribution in [3.8, 4) is 0 Å². The van der Waals surface area contributed by atoms with E-state index in [0.29, 0.717) is 24.7 Å². The van der Waals surface area contributed by atoms with Crippen LogP contribution in [0.25, 0.3) is 0 Å². The standard InChI is InChI=1S/C15H20N2O5S/c18-13(11-7-16-14(23-11)10-4-2-6-22-10)17-12(15(19)20)9-3-1-5-21-8-9/h7,9-10,12H,1-6,8H2,(H,17,18)(H,19,20). The van der Waals surface area contributed by atoms with Gasteiger partial charge in [0, 0.05) is 19.1 Å². The second-order valence-corrected chi connectivity index (χ2v) is 6.89. The maximum atomic E-state index is 12.3. The van der Waals surface area contributed by atoms with Crippen molar-refractivity contribution in [1.29, 1.82) is 0 Å². The number of carbonyl (C=O) groups is 2.